The van der Waals surface area contributed by atoms with Gasteiger partial charge in [0.2, 0.25) is 0 Å². The van der Waals surface area contributed by atoms with Gasteiger partial charge in [-0.3, -0.25) is 0 Å². The topological polar surface area (TPSA) is 26.0 Å². The van der Waals surface area contributed by atoms with Crippen molar-refractivity contribution in [3.8, 4) is 0 Å². The van der Waals surface area contributed by atoms with Crippen LogP contribution in [0.1, 0.15) is 25.5 Å². The molecule has 0 aliphatic carbocycles. The monoisotopic (exact) mass is 145 g/mol. The van der Waals surface area contributed by atoms with Gasteiger partial charge in [0.15, 0.2) is 0 Å². The van der Waals surface area contributed by atoms with Crippen LogP contribution in [0.15, 0.2) is 10.8 Å². The van der Waals surface area contributed by atoms with Crippen LogP contribution in [0.5, 0.6) is 0 Å². The van der Waals surface area contributed by atoms with Crippen LogP contribution in [-0.4, -0.2) is 5.16 Å². The number of aromatic nitrogens is 1. The summed E-state index contributed by atoms with van der Waals surface area (Å²) in [6.07, 6.45) is 1.44. The highest BCUT2D eigenvalue weighted by Crippen LogP contribution is 2.21. The van der Waals surface area contributed by atoms with Crippen molar-refractivity contribution in [2.75, 3.05) is 0 Å². The fourth-order valence-corrected chi connectivity index (χ4v) is 0.907. The lowest BCUT2D eigenvalue weighted by molar-refractivity contribution is 0.408. The lowest BCUT2D eigenvalue weighted by Gasteiger charge is -1.95. The molecule has 0 aliphatic heterocycles. The molecule has 0 aromatic carbocycles. The van der Waals surface area contributed by atoms with E-state index in [9.17, 15) is 0 Å². The van der Waals surface area contributed by atoms with Crippen molar-refractivity contribution in [1.82, 2.24) is 5.16 Å². The first-order chi connectivity index (χ1) is 4.22. The smallest absolute Gasteiger partial charge is 0.142 e. The summed E-state index contributed by atoms with van der Waals surface area (Å²) >= 11 is 5.68. The second-order valence-corrected chi connectivity index (χ2v) is 2.61. The Hall–Kier alpha value is -0.500. The molecule has 1 rings (SSSR count). The Labute approximate surface area is 58.8 Å². The van der Waals surface area contributed by atoms with Crippen LogP contribution in [0.25, 0.3) is 0 Å². The van der Waals surface area contributed by atoms with Gasteiger partial charge in [0.25, 0.3) is 0 Å². The average molecular weight is 146 g/mol. The zero-order chi connectivity index (χ0) is 6.85. The number of rotatable bonds is 1. The molecular formula is C6H8ClNO. The van der Waals surface area contributed by atoms with E-state index in [1.54, 1.807) is 0 Å². The second kappa shape index (κ2) is 2.40. The molecule has 9 heavy (non-hydrogen) atoms. The fourth-order valence-electron chi connectivity index (χ4n) is 0.615. The van der Waals surface area contributed by atoms with Gasteiger partial charge in [-0.2, -0.15) is 0 Å². The van der Waals surface area contributed by atoms with Crippen LogP contribution in [0.3, 0.4) is 0 Å². The van der Waals surface area contributed by atoms with Crippen LogP contribution in [-0.2, 0) is 0 Å². The van der Waals surface area contributed by atoms with Gasteiger partial charge in [-0.1, -0.05) is 30.6 Å². The van der Waals surface area contributed by atoms with Gasteiger partial charge in [-0.25, -0.2) is 0 Å². The molecule has 0 saturated carbocycles. The van der Waals surface area contributed by atoms with Gasteiger partial charge in [0, 0.05) is 5.92 Å². The van der Waals surface area contributed by atoms with Gasteiger partial charge in [-0.05, 0) is 0 Å². The summed E-state index contributed by atoms with van der Waals surface area (Å²) in [6, 6.07) is 0. The minimum atomic E-state index is 0.344. The number of nitrogens with zero attached hydrogens (tertiary/aromatic N) is 1. The minimum Gasteiger partial charge on any atom is -0.363 e. The molecule has 0 bridgehead atoms. The third kappa shape index (κ3) is 1.24. The molecule has 1 aromatic rings. The predicted molar refractivity (Wildman–Crippen MR) is 35.6 cm³/mol. The van der Waals surface area contributed by atoms with Crippen LogP contribution in [0.4, 0.5) is 0 Å². The minimum absolute atomic E-state index is 0.344. The highest BCUT2D eigenvalue weighted by molar-refractivity contribution is 6.31. The molecule has 0 N–H and O–H groups in total. The van der Waals surface area contributed by atoms with Crippen molar-refractivity contribution in [2.45, 2.75) is 19.8 Å². The van der Waals surface area contributed by atoms with E-state index in [0.29, 0.717) is 10.9 Å². The summed E-state index contributed by atoms with van der Waals surface area (Å²) in [6.45, 7) is 4.04. The van der Waals surface area contributed by atoms with E-state index in [1.807, 2.05) is 13.8 Å². The highest BCUT2D eigenvalue weighted by Gasteiger charge is 2.07. The number of hydrogen-bond donors (Lipinski definition) is 0. The third-order valence-corrected chi connectivity index (χ3v) is 1.38. The molecule has 0 radical (unpaired) electrons. The summed E-state index contributed by atoms with van der Waals surface area (Å²) in [4.78, 5) is 0. The zero-order valence-corrected chi connectivity index (χ0v) is 6.14. The quantitative estimate of drug-likeness (QED) is 0.607. The molecule has 0 atom stereocenters. The maximum Gasteiger partial charge on any atom is 0.142 e. The lowest BCUT2D eigenvalue weighted by Crippen LogP contribution is -1.86. The number of hydrogen-bond acceptors (Lipinski definition) is 2. The SMILES string of the molecule is CC(C)c1nocc1Cl. The van der Waals surface area contributed by atoms with E-state index in [1.165, 1.54) is 6.26 Å². The average Bonchev–Trinajstić information content (AvgIpc) is 2.13. The molecular weight excluding hydrogens is 138 g/mol. The van der Waals surface area contributed by atoms with Crippen molar-refractivity contribution >= 4 is 11.6 Å². The van der Waals surface area contributed by atoms with E-state index < -0.39 is 0 Å². The van der Waals surface area contributed by atoms with Gasteiger partial charge >= 0.3 is 0 Å². The Balaban J connectivity index is 2.94. The van der Waals surface area contributed by atoms with Gasteiger partial charge in [0.05, 0.1) is 0 Å². The fraction of sp³-hybridized carbons (Fsp3) is 0.500. The molecule has 2 nitrogen and oxygen atoms in total. The van der Waals surface area contributed by atoms with Crippen LogP contribution >= 0.6 is 11.6 Å². The Kier molecular flexibility index (Phi) is 1.76. The Bertz CT molecular complexity index is 195. The van der Waals surface area contributed by atoms with E-state index in [-0.39, 0.29) is 0 Å². The van der Waals surface area contributed by atoms with E-state index in [2.05, 4.69) is 9.68 Å². The maximum absolute atomic E-state index is 5.68. The Morgan fingerprint density at radius 3 is 2.56 bits per heavy atom. The van der Waals surface area contributed by atoms with Gasteiger partial charge < -0.3 is 4.52 Å². The molecule has 1 aromatic heterocycles. The van der Waals surface area contributed by atoms with Crippen LogP contribution in [0, 0.1) is 0 Å². The summed E-state index contributed by atoms with van der Waals surface area (Å²) in [5.41, 5.74) is 0.830. The van der Waals surface area contributed by atoms with E-state index >= 15 is 0 Å². The molecule has 0 aliphatic rings. The first-order valence-electron chi connectivity index (χ1n) is 2.81. The summed E-state index contributed by atoms with van der Waals surface area (Å²) in [5.74, 6) is 0.344. The summed E-state index contributed by atoms with van der Waals surface area (Å²) in [5, 5.41) is 4.32. The Morgan fingerprint density at radius 1 is 1.67 bits per heavy atom. The van der Waals surface area contributed by atoms with Crippen molar-refractivity contribution in [2.24, 2.45) is 0 Å². The largest absolute Gasteiger partial charge is 0.363 e. The van der Waals surface area contributed by atoms with Crippen LogP contribution < -0.4 is 0 Å². The molecule has 0 fully saturated rings. The van der Waals surface area contributed by atoms with Crippen molar-refractivity contribution in [1.29, 1.82) is 0 Å². The molecule has 50 valence electrons. The van der Waals surface area contributed by atoms with Crippen molar-refractivity contribution in [3.05, 3.63) is 17.0 Å². The summed E-state index contributed by atoms with van der Waals surface area (Å²) in [7, 11) is 0. The highest BCUT2D eigenvalue weighted by atomic mass is 35.5. The van der Waals surface area contributed by atoms with E-state index in [4.69, 9.17) is 11.6 Å². The first-order valence-corrected chi connectivity index (χ1v) is 3.19. The second-order valence-electron chi connectivity index (χ2n) is 2.20. The van der Waals surface area contributed by atoms with Crippen molar-refractivity contribution in [3.63, 3.8) is 0 Å². The Morgan fingerprint density at radius 2 is 2.33 bits per heavy atom. The molecule has 0 spiro atoms. The zero-order valence-electron chi connectivity index (χ0n) is 5.39. The molecule has 3 heteroatoms. The molecule has 0 saturated heterocycles. The first kappa shape index (κ1) is 6.62. The number of halogens is 1. The van der Waals surface area contributed by atoms with E-state index in [0.717, 1.165) is 5.69 Å². The van der Waals surface area contributed by atoms with Crippen LogP contribution in [0.2, 0.25) is 5.02 Å². The normalized spacial score (nSPS) is 10.7. The maximum atomic E-state index is 5.68. The molecule has 1 heterocycles. The van der Waals surface area contributed by atoms with Gasteiger partial charge in [-0.15, -0.1) is 0 Å². The molecule has 0 unspecified atom stereocenters. The summed E-state index contributed by atoms with van der Waals surface area (Å²) < 4.78 is 4.62. The standard InChI is InChI=1S/C6H8ClNO/c1-4(2)6-5(7)3-9-8-6/h3-4H,1-2H3. The lowest BCUT2D eigenvalue weighted by atomic mass is 10.1. The predicted octanol–water partition coefficient (Wildman–Crippen LogP) is 2.45. The van der Waals surface area contributed by atoms with Gasteiger partial charge in [0.1, 0.15) is 17.0 Å². The third-order valence-electron chi connectivity index (χ3n) is 1.10. The van der Waals surface area contributed by atoms with Crippen molar-refractivity contribution < 1.29 is 4.52 Å². The molecule has 0 amide bonds.